The second-order valence-electron chi connectivity index (χ2n) is 29.5. The van der Waals surface area contributed by atoms with Crippen LogP contribution >= 0.6 is 17.2 Å². The van der Waals surface area contributed by atoms with E-state index in [1.165, 1.54) is 48.5 Å². The number of benzene rings is 8. The maximum absolute atomic E-state index is 14.8. The Balaban J connectivity index is 1.12. The molecule has 0 radical (unpaired) electrons. The zero-order valence-corrected chi connectivity index (χ0v) is 65.1. The summed E-state index contributed by atoms with van der Waals surface area (Å²) in [6, 6.07) is 57.7. The summed E-state index contributed by atoms with van der Waals surface area (Å²) >= 11 is -9.45. The molecule has 538 valence electrons. The van der Waals surface area contributed by atoms with Crippen LogP contribution < -0.4 is 0 Å². The van der Waals surface area contributed by atoms with Gasteiger partial charge in [0.1, 0.15) is 0 Å². The number of aryl methyl sites for hydroxylation is 4. The third-order valence-corrected chi connectivity index (χ3v) is 140. The first-order valence-electron chi connectivity index (χ1n) is 34.8. The van der Waals surface area contributed by atoms with E-state index in [2.05, 4.69) is 37.4 Å². The molecule has 18 rings (SSSR count). The Kier molecular flexibility index (Phi) is 14.5. The van der Waals surface area contributed by atoms with Gasteiger partial charge in [-0.25, -0.2) is 0 Å². The molecule has 12 aromatic rings. The molecule has 2 aliphatic heterocycles. The minimum absolute atomic E-state index is 0.359. The van der Waals surface area contributed by atoms with Crippen LogP contribution in [0.3, 0.4) is 0 Å². The summed E-state index contributed by atoms with van der Waals surface area (Å²) in [6.45, 7) is 11.7. The van der Waals surface area contributed by atoms with E-state index < -0.39 is 90.4 Å². The molecule has 5 spiro atoms. The van der Waals surface area contributed by atoms with Crippen molar-refractivity contribution in [2.75, 3.05) is 0 Å². The molecule has 4 atom stereocenters. The zero-order valence-electron chi connectivity index (χ0n) is 57.7. The van der Waals surface area contributed by atoms with Crippen molar-refractivity contribution >= 4 is 81.3 Å². The predicted molar refractivity (Wildman–Crippen MR) is 397 cm³/mol. The number of alkyl halides is 12. The Bertz CT molecular complexity index is 5240. The number of hydrogen-bond acceptors (Lipinski definition) is 4. The van der Waals surface area contributed by atoms with Crippen LogP contribution in [0.15, 0.2) is 236 Å². The van der Waals surface area contributed by atoms with Gasteiger partial charge in [0.25, 0.3) is 0 Å². The molecule has 4 unspecified atom stereocenters. The van der Waals surface area contributed by atoms with E-state index in [0.717, 1.165) is 48.5 Å². The van der Waals surface area contributed by atoms with Crippen LogP contribution in [0.4, 0.5) is 52.7 Å². The fraction of sp³-hybridized carbons (Fsp3) is 0.163. The number of halogens is 14. The molecule has 2 saturated heterocycles. The molecule has 4 aliphatic carbocycles. The van der Waals surface area contributed by atoms with Crippen molar-refractivity contribution in [1.29, 1.82) is 0 Å². The van der Waals surface area contributed by atoms with Crippen LogP contribution in [-0.4, -0.2) is 17.6 Å². The first-order chi connectivity index (χ1) is 50.6. The molecule has 0 amide bonds. The first-order valence-corrected chi connectivity index (χ1v) is 55.5. The van der Waals surface area contributed by atoms with E-state index in [1.54, 1.807) is 0 Å². The van der Waals surface area contributed by atoms with Gasteiger partial charge in [-0.05, 0) is 0 Å². The third-order valence-electron chi connectivity index (χ3n) is 25.3. The Hall–Kier alpha value is -9.12. The van der Waals surface area contributed by atoms with Crippen LogP contribution in [0.2, 0.25) is 13.1 Å². The molecule has 6 aliphatic rings. The summed E-state index contributed by atoms with van der Waals surface area (Å²) in [5, 5.41) is 0. The topological polar surface area (TPSA) is 52.6 Å². The van der Waals surface area contributed by atoms with Gasteiger partial charge < -0.3 is 0 Å². The summed E-state index contributed by atoms with van der Waals surface area (Å²) in [7, 11) is 16.0. The van der Waals surface area contributed by atoms with Crippen molar-refractivity contribution in [3.8, 4) is 44.5 Å². The monoisotopic (exact) mass is 1690 g/mol. The fourth-order valence-electron chi connectivity index (χ4n) is 22.2. The van der Waals surface area contributed by atoms with Gasteiger partial charge in [0.15, 0.2) is 0 Å². The SMILES string of the molecule is Cc1ccc(C2=Cc3c(-c4ccc(C(F)(F)F)cc4)cccc3[C]23[SiH](C)[C]2(C(c4ccc(C)o4)=Cc4c(-c5ccc(C(F)(F)F)cc5)cccc42)[Hf]32([Cl])([Cl])[C]3(C(c4ccc(C)o4)=Cc4c(-c5ccc(C(F)(F)F)cc5)cccc43)[SiH](C)[C]23C(c2ccc(C)o2)=Cc2c(-c4ccc(C(F)(F)F)cc4)cccc23)o1. The molecule has 6 heterocycles. The number of fused-ring (bicyclic) bond motifs is 12. The van der Waals surface area contributed by atoms with Crippen LogP contribution in [0, 0.1) is 27.7 Å². The Morgan fingerprint density at radius 1 is 0.280 bits per heavy atom. The second kappa shape index (κ2) is 22.3. The standard InChI is InChI=1S/2C43H30F6O2Si.2ClH.Hf/c2*1-24-10-20-38(50-24)36-22-34-30(26-12-16-28(17-13-26)42(44,45)46)6-4-8-32(34)40(36)52(3)41-33-9-5-7-31(27-14-18-29(19-15-27)43(47,48)49)35(33)23-37(41)39-21-11-25(2)51-39;;;/h2*4-23,52H,1-3H3;2*1H;/q;;;;+2/p-2. The first kappa shape index (κ1) is 69.6. The molecule has 0 bridgehead atoms. The third kappa shape index (κ3) is 8.16. The number of allylic oxidation sites excluding steroid dienone is 4. The molecule has 4 nitrogen and oxygen atoms in total. The predicted octanol–water partition coefficient (Wildman–Crippen LogP) is 25.6. The summed E-state index contributed by atoms with van der Waals surface area (Å²) < 4.78 is 199. The van der Waals surface area contributed by atoms with Gasteiger partial charge in [0.2, 0.25) is 0 Å². The molecule has 2 fully saturated rings. The summed E-state index contributed by atoms with van der Waals surface area (Å²) in [5.74, 6) is 3.41. The molecular formula is C86H60Cl2F12HfO4Si2. The zero-order chi connectivity index (χ0) is 75.2. The van der Waals surface area contributed by atoms with Crippen molar-refractivity contribution in [1.82, 2.24) is 0 Å². The summed E-state index contributed by atoms with van der Waals surface area (Å²) in [5.41, 5.74) is 7.20. The molecule has 107 heavy (non-hydrogen) atoms. The van der Waals surface area contributed by atoms with Crippen molar-refractivity contribution in [2.24, 2.45) is 0 Å². The number of rotatable bonds is 8. The molecular weight excluding hydrogens is 1630 g/mol. The van der Waals surface area contributed by atoms with E-state index in [0.29, 0.717) is 157 Å². The van der Waals surface area contributed by atoms with E-state index in [9.17, 15) is 69.8 Å². The van der Waals surface area contributed by atoms with Crippen LogP contribution in [0.25, 0.3) is 91.1 Å². The molecule has 0 N–H and O–H groups in total. The molecule has 8 aromatic carbocycles. The van der Waals surface area contributed by atoms with E-state index in [4.69, 9.17) is 17.7 Å². The van der Waals surface area contributed by atoms with Gasteiger partial charge in [-0.1, -0.05) is 0 Å². The number of furan rings is 4. The van der Waals surface area contributed by atoms with Crippen molar-refractivity contribution < 1.29 is 85.0 Å². The van der Waals surface area contributed by atoms with Crippen molar-refractivity contribution in [2.45, 2.75) is 76.7 Å². The quantitative estimate of drug-likeness (QED) is 0.112. The second-order valence-corrected chi connectivity index (χ2v) is 83.9. The van der Waals surface area contributed by atoms with Crippen molar-refractivity contribution in [3.05, 3.63) is 331 Å². The Labute approximate surface area is 614 Å². The molecule has 21 heteroatoms. The minimum atomic E-state index is -9.45. The summed E-state index contributed by atoms with van der Waals surface area (Å²) in [4.78, 5) is 0. The van der Waals surface area contributed by atoms with Gasteiger partial charge in [-0.3, -0.25) is 0 Å². The van der Waals surface area contributed by atoms with E-state index >= 15 is 0 Å². The Morgan fingerprint density at radius 2 is 0.477 bits per heavy atom. The van der Waals surface area contributed by atoms with Crippen LogP contribution in [0.5, 0.6) is 0 Å². The van der Waals surface area contributed by atoms with Gasteiger partial charge in [-0.15, -0.1) is 0 Å². The van der Waals surface area contributed by atoms with Crippen LogP contribution in [-0.2, 0) is 50.6 Å². The van der Waals surface area contributed by atoms with Gasteiger partial charge >= 0.3 is 619 Å². The van der Waals surface area contributed by atoms with E-state index in [-0.39, 0.29) is 0 Å². The van der Waals surface area contributed by atoms with Crippen LogP contribution in [0.1, 0.15) is 113 Å². The Morgan fingerprint density at radius 3 is 0.645 bits per heavy atom. The summed E-state index contributed by atoms with van der Waals surface area (Å²) in [6.07, 6.45) is -10.6. The average Bonchev–Trinajstić information content (AvgIpc) is 1.51. The maximum atomic E-state index is 14.8. The van der Waals surface area contributed by atoms with Crippen molar-refractivity contribution in [3.63, 3.8) is 0 Å². The van der Waals surface area contributed by atoms with Gasteiger partial charge in [0, 0.05) is 0 Å². The molecule has 0 saturated carbocycles. The van der Waals surface area contributed by atoms with Gasteiger partial charge in [0.05, 0.1) is 0 Å². The average molecular weight is 1690 g/mol. The fourth-order valence-corrected chi connectivity index (χ4v) is 188. The van der Waals surface area contributed by atoms with Gasteiger partial charge in [-0.2, -0.15) is 0 Å². The van der Waals surface area contributed by atoms with E-state index in [1.807, 2.05) is 149 Å². The molecule has 4 aromatic heterocycles. The normalized spacial score (nSPS) is 23.9. The number of hydrogen-bond donors (Lipinski definition) is 0.